The zero-order chi connectivity index (χ0) is 20.3. The molecule has 10 heteroatoms. The molecule has 0 fully saturated rings. The Morgan fingerprint density at radius 3 is 2.64 bits per heavy atom. The predicted molar refractivity (Wildman–Crippen MR) is 109 cm³/mol. The number of hydrogen-bond acceptors (Lipinski definition) is 7. The van der Waals surface area contributed by atoms with Crippen molar-refractivity contribution in [1.29, 1.82) is 0 Å². The Kier molecular flexibility index (Phi) is 6.00. The monoisotopic (exact) mass is 419 g/mol. The summed E-state index contributed by atoms with van der Waals surface area (Å²) in [4.78, 5) is 35.9. The molecule has 0 spiro atoms. The van der Waals surface area contributed by atoms with E-state index in [1.165, 1.54) is 35.6 Å². The number of carbonyl (C=O) groups is 2. The fourth-order valence-electron chi connectivity index (χ4n) is 2.96. The first-order valence-corrected chi connectivity index (χ1v) is 9.81. The summed E-state index contributed by atoms with van der Waals surface area (Å²) in [6.45, 7) is 2.01. The molecule has 1 heterocycles. The molecule has 1 amide bonds. The van der Waals surface area contributed by atoms with Gasteiger partial charge in [-0.05, 0) is 56.1 Å². The van der Waals surface area contributed by atoms with Gasteiger partial charge in [0, 0.05) is 22.6 Å². The Balaban J connectivity index is 1.72. The number of esters is 1. The van der Waals surface area contributed by atoms with Crippen LogP contribution in [-0.2, 0) is 17.6 Å². The van der Waals surface area contributed by atoms with E-state index in [-0.39, 0.29) is 23.0 Å². The minimum absolute atomic E-state index is 0.0359. The van der Waals surface area contributed by atoms with Gasteiger partial charge in [-0.15, -0.1) is 11.3 Å². The van der Waals surface area contributed by atoms with Gasteiger partial charge in [0.2, 0.25) is 0 Å². The quantitative estimate of drug-likeness (QED) is 0.330. The van der Waals surface area contributed by atoms with Crippen molar-refractivity contribution in [1.82, 2.24) is 5.32 Å². The van der Waals surface area contributed by atoms with E-state index in [0.717, 1.165) is 29.7 Å². The number of thiophene rings is 1. The number of carbonyl (C=O) groups excluding carboxylic acids is 2. The third-order valence-corrected chi connectivity index (χ3v) is 5.61. The fraction of sp³-hybridized carbons (Fsp3) is 0.278. The summed E-state index contributed by atoms with van der Waals surface area (Å²) in [7, 11) is 0. The molecule has 3 rings (SSSR count). The van der Waals surface area contributed by atoms with E-state index in [1.807, 2.05) is 0 Å². The van der Waals surface area contributed by atoms with E-state index >= 15 is 0 Å². The summed E-state index contributed by atoms with van der Waals surface area (Å²) >= 11 is 6.63. The fourth-order valence-corrected chi connectivity index (χ4v) is 4.50. The lowest BCUT2D eigenvalue weighted by Gasteiger charge is -2.11. The maximum atomic E-state index is 12.4. The lowest BCUT2D eigenvalue weighted by Crippen LogP contribution is -2.34. The molecule has 0 unspecified atom stereocenters. The Labute approximate surface area is 170 Å². The predicted octanol–water partition coefficient (Wildman–Crippen LogP) is 3.45. The number of fused-ring (bicyclic) bond motifs is 1. The Bertz CT molecular complexity index is 953. The third kappa shape index (κ3) is 4.18. The molecule has 146 valence electrons. The number of nitro benzene ring substituents is 1. The summed E-state index contributed by atoms with van der Waals surface area (Å²) in [6, 6.07) is 5.18. The molecule has 0 saturated heterocycles. The number of nitro groups is 1. The molecule has 0 atom stereocenters. The van der Waals surface area contributed by atoms with Crippen molar-refractivity contribution < 1.29 is 19.2 Å². The molecule has 0 saturated carbocycles. The highest BCUT2D eigenvalue weighted by Crippen LogP contribution is 2.39. The summed E-state index contributed by atoms with van der Waals surface area (Å²) in [6.07, 6.45) is 2.70. The summed E-state index contributed by atoms with van der Waals surface area (Å²) in [5.74, 6) is -0.914. The molecule has 1 aliphatic rings. The molecule has 2 aromatic rings. The molecule has 0 radical (unpaired) electrons. The molecular formula is C18H17N3O5S2. The SMILES string of the molecule is CCOC(=O)c1c(NC(=S)NC(=O)c2ccc([N+](=O)[O-])cc2)sc2c1CCC2. The molecular weight excluding hydrogens is 402 g/mol. The first-order chi connectivity index (χ1) is 13.4. The van der Waals surface area contributed by atoms with Crippen LogP contribution in [0.5, 0.6) is 0 Å². The van der Waals surface area contributed by atoms with Gasteiger partial charge >= 0.3 is 5.97 Å². The number of rotatable bonds is 5. The van der Waals surface area contributed by atoms with Crippen LogP contribution in [-0.4, -0.2) is 28.5 Å². The van der Waals surface area contributed by atoms with Crippen LogP contribution in [0.4, 0.5) is 10.7 Å². The lowest BCUT2D eigenvalue weighted by molar-refractivity contribution is -0.384. The molecule has 1 aromatic carbocycles. The Morgan fingerprint density at radius 2 is 2.00 bits per heavy atom. The first-order valence-electron chi connectivity index (χ1n) is 8.59. The highest BCUT2D eigenvalue weighted by atomic mass is 32.1. The zero-order valence-electron chi connectivity index (χ0n) is 14.9. The molecule has 2 N–H and O–H groups in total. The van der Waals surface area contributed by atoms with Gasteiger partial charge in [-0.3, -0.25) is 20.2 Å². The number of anilines is 1. The zero-order valence-corrected chi connectivity index (χ0v) is 16.6. The van der Waals surface area contributed by atoms with Gasteiger partial charge in [0.25, 0.3) is 11.6 Å². The van der Waals surface area contributed by atoms with Crippen LogP contribution in [0.15, 0.2) is 24.3 Å². The van der Waals surface area contributed by atoms with Crippen molar-refractivity contribution in [3.8, 4) is 0 Å². The van der Waals surface area contributed by atoms with Gasteiger partial charge in [-0.2, -0.15) is 0 Å². The molecule has 28 heavy (non-hydrogen) atoms. The Morgan fingerprint density at radius 1 is 1.29 bits per heavy atom. The van der Waals surface area contributed by atoms with Gasteiger partial charge in [0.15, 0.2) is 5.11 Å². The summed E-state index contributed by atoms with van der Waals surface area (Å²) in [5, 5.41) is 16.7. The van der Waals surface area contributed by atoms with Crippen molar-refractivity contribution in [3.05, 3.63) is 55.9 Å². The van der Waals surface area contributed by atoms with Crippen LogP contribution in [0.1, 0.15) is 44.5 Å². The van der Waals surface area contributed by atoms with Crippen molar-refractivity contribution in [3.63, 3.8) is 0 Å². The van der Waals surface area contributed by atoms with Crippen LogP contribution in [0.3, 0.4) is 0 Å². The normalized spacial score (nSPS) is 12.2. The number of ether oxygens (including phenoxy) is 1. The lowest BCUT2D eigenvalue weighted by atomic mass is 10.1. The topological polar surface area (TPSA) is 111 Å². The average Bonchev–Trinajstić information content (AvgIpc) is 3.22. The summed E-state index contributed by atoms with van der Waals surface area (Å²) < 4.78 is 5.16. The van der Waals surface area contributed by atoms with E-state index in [9.17, 15) is 19.7 Å². The number of benzene rings is 1. The van der Waals surface area contributed by atoms with Gasteiger partial charge in [0.05, 0.1) is 17.1 Å². The van der Waals surface area contributed by atoms with Crippen molar-refractivity contribution in [2.45, 2.75) is 26.2 Å². The van der Waals surface area contributed by atoms with E-state index in [4.69, 9.17) is 17.0 Å². The van der Waals surface area contributed by atoms with E-state index in [0.29, 0.717) is 10.6 Å². The molecule has 8 nitrogen and oxygen atoms in total. The van der Waals surface area contributed by atoms with Gasteiger partial charge in [0.1, 0.15) is 5.00 Å². The van der Waals surface area contributed by atoms with Crippen molar-refractivity contribution >= 4 is 51.2 Å². The van der Waals surface area contributed by atoms with Crippen LogP contribution >= 0.6 is 23.6 Å². The Hall–Kier alpha value is -2.85. The maximum absolute atomic E-state index is 12.4. The van der Waals surface area contributed by atoms with Gasteiger partial charge in [-0.1, -0.05) is 0 Å². The van der Waals surface area contributed by atoms with Gasteiger partial charge in [-0.25, -0.2) is 4.79 Å². The second-order valence-electron chi connectivity index (χ2n) is 5.99. The average molecular weight is 419 g/mol. The number of nitrogens with zero attached hydrogens (tertiary/aromatic N) is 1. The highest BCUT2D eigenvalue weighted by molar-refractivity contribution is 7.80. The molecule has 1 aliphatic carbocycles. The molecule has 0 aliphatic heterocycles. The van der Waals surface area contributed by atoms with Crippen molar-refractivity contribution in [2.75, 3.05) is 11.9 Å². The number of thiocarbonyl (C=S) groups is 1. The standard InChI is InChI=1S/C18H17N3O5S2/c1-2-26-17(23)14-12-4-3-5-13(12)28-16(14)20-18(27)19-15(22)10-6-8-11(9-7-10)21(24)25/h6-9H,2-5H2,1H3,(H2,19,20,22,27). The van der Waals surface area contributed by atoms with Crippen LogP contribution in [0.2, 0.25) is 0 Å². The number of hydrogen-bond donors (Lipinski definition) is 2. The molecule has 1 aromatic heterocycles. The van der Waals surface area contributed by atoms with Gasteiger partial charge < -0.3 is 10.1 Å². The maximum Gasteiger partial charge on any atom is 0.341 e. The minimum atomic E-state index is -0.541. The van der Waals surface area contributed by atoms with Crippen molar-refractivity contribution in [2.24, 2.45) is 0 Å². The van der Waals surface area contributed by atoms with E-state index in [1.54, 1.807) is 6.92 Å². The second-order valence-corrected chi connectivity index (χ2v) is 7.51. The number of nitrogens with one attached hydrogen (secondary N) is 2. The first kappa shape index (κ1) is 19.9. The third-order valence-electron chi connectivity index (χ3n) is 4.20. The van der Waals surface area contributed by atoms with Crippen LogP contribution in [0.25, 0.3) is 0 Å². The number of aryl methyl sites for hydroxylation is 1. The second kappa shape index (κ2) is 8.44. The largest absolute Gasteiger partial charge is 0.462 e. The van der Waals surface area contributed by atoms with E-state index in [2.05, 4.69) is 10.6 Å². The molecule has 0 bridgehead atoms. The highest BCUT2D eigenvalue weighted by Gasteiger charge is 2.28. The van der Waals surface area contributed by atoms with Crippen LogP contribution < -0.4 is 10.6 Å². The summed E-state index contributed by atoms with van der Waals surface area (Å²) in [5.41, 5.74) is 1.58. The number of amides is 1. The minimum Gasteiger partial charge on any atom is -0.462 e. The van der Waals surface area contributed by atoms with Crippen LogP contribution in [0, 0.1) is 10.1 Å². The smallest absolute Gasteiger partial charge is 0.341 e. The number of non-ortho nitro benzene ring substituents is 1. The van der Waals surface area contributed by atoms with E-state index < -0.39 is 16.8 Å².